The molecule has 1 saturated heterocycles. The highest BCUT2D eigenvalue weighted by Gasteiger charge is 2.42. The van der Waals surface area contributed by atoms with Gasteiger partial charge in [-0.25, -0.2) is 4.98 Å². The monoisotopic (exact) mass is 310 g/mol. The van der Waals surface area contributed by atoms with Crippen LogP contribution in [0.25, 0.3) is 11.2 Å². The first-order valence-electron chi connectivity index (χ1n) is 6.81. The fraction of sp³-hybridized carbons (Fsp3) is 0.583. The quantitative estimate of drug-likeness (QED) is 0.415. The van der Waals surface area contributed by atoms with Gasteiger partial charge in [0, 0.05) is 14.1 Å². The van der Waals surface area contributed by atoms with E-state index in [2.05, 4.69) is 20.3 Å². The van der Waals surface area contributed by atoms with E-state index in [-0.39, 0.29) is 23.3 Å². The molecule has 0 amide bonds. The number of hydrogen-bond donors (Lipinski definition) is 5. The molecule has 2 aromatic heterocycles. The molecule has 0 saturated carbocycles. The first-order valence-corrected chi connectivity index (χ1v) is 6.81. The minimum atomic E-state index is -1.15. The second-order valence-corrected chi connectivity index (χ2v) is 5.49. The Balaban J connectivity index is 2.10. The smallest absolute Gasteiger partial charge is 0.280 e. The number of aromatic amines is 1. The largest absolute Gasteiger partial charge is 0.395 e. The molecule has 0 aliphatic carbocycles. The molecule has 1 fully saturated rings. The van der Waals surface area contributed by atoms with Gasteiger partial charge in [-0.2, -0.15) is 4.98 Å². The third-order valence-electron chi connectivity index (χ3n) is 3.81. The summed E-state index contributed by atoms with van der Waals surface area (Å²) in [6, 6.07) is -0.659. The number of nitrogens with zero attached hydrogens (tertiary/aromatic N) is 4. The van der Waals surface area contributed by atoms with Crippen LogP contribution < -0.4 is 15.8 Å². The maximum atomic E-state index is 12.0. The lowest BCUT2D eigenvalue weighted by molar-refractivity contribution is 0.0112. The molecule has 3 rings (SSSR count). The van der Waals surface area contributed by atoms with Crippen molar-refractivity contribution >= 4 is 17.1 Å². The van der Waals surface area contributed by atoms with E-state index in [4.69, 9.17) is 0 Å². The number of imidazole rings is 1. The van der Waals surface area contributed by atoms with Crippen molar-refractivity contribution in [2.24, 2.45) is 0 Å². The summed E-state index contributed by atoms with van der Waals surface area (Å²) in [7, 11) is 3.47. The first-order chi connectivity index (χ1) is 10.4. The maximum Gasteiger partial charge on any atom is 0.280 e. The summed E-state index contributed by atoms with van der Waals surface area (Å²) in [6.45, 7) is -0.321. The first kappa shape index (κ1) is 14.9. The van der Waals surface area contributed by atoms with Crippen molar-refractivity contribution in [3.63, 3.8) is 0 Å². The van der Waals surface area contributed by atoms with Crippen LogP contribution in [0.2, 0.25) is 0 Å². The van der Waals surface area contributed by atoms with Crippen LogP contribution in [0.4, 0.5) is 5.95 Å². The summed E-state index contributed by atoms with van der Waals surface area (Å²) < 4.78 is 1.49. The molecular formula is C12H18N6O4. The lowest BCUT2D eigenvalue weighted by Crippen LogP contribution is -2.36. The molecule has 0 spiro atoms. The molecule has 0 aromatic carbocycles. The number of aliphatic hydroxyl groups is 3. The minimum Gasteiger partial charge on any atom is -0.395 e. The number of fused-ring (bicyclic) bond motifs is 1. The number of hydrogen-bond acceptors (Lipinski definition) is 8. The second kappa shape index (κ2) is 5.32. The Labute approximate surface area is 125 Å². The molecule has 10 heteroatoms. The molecule has 0 radical (unpaired) electrons. The van der Waals surface area contributed by atoms with Crippen molar-refractivity contribution in [3.05, 3.63) is 16.7 Å². The van der Waals surface area contributed by atoms with E-state index in [0.717, 1.165) is 0 Å². The van der Waals surface area contributed by atoms with E-state index in [1.54, 1.807) is 19.0 Å². The van der Waals surface area contributed by atoms with E-state index < -0.39 is 24.4 Å². The van der Waals surface area contributed by atoms with Crippen LogP contribution in [0.5, 0.6) is 0 Å². The highest BCUT2D eigenvalue weighted by molar-refractivity contribution is 5.71. The third-order valence-corrected chi connectivity index (χ3v) is 3.81. The number of aromatic nitrogens is 4. The topological polar surface area (TPSA) is 140 Å². The van der Waals surface area contributed by atoms with Gasteiger partial charge in [0.1, 0.15) is 18.4 Å². The Morgan fingerprint density at radius 3 is 2.68 bits per heavy atom. The van der Waals surface area contributed by atoms with Gasteiger partial charge in [-0.1, -0.05) is 0 Å². The zero-order valence-electron chi connectivity index (χ0n) is 12.1. The molecule has 0 bridgehead atoms. The molecule has 4 atom stereocenters. The van der Waals surface area contributed by atoms with Crippen LogP contribution in [0, 0.1) is 0 Å². The van der Waals surface area contributed by atoms with Crippen LogP contribution in [-0.4, -0.2) is 73.8 Å². The predicted molar refractivity (Wildman–Crippen MR) is 77.5 cm³/mol. The summed E-state index contributed by atoms with van der Waals surface area (Å²) in [5, 5.41) is 32.2. The molecule has 120 valence electrons. The maximum absolute atomic E-state index is 12.0. The van der Waals surface area contributed by atoms with Gasteiger partial charge >= 0.3 is 0 Å². The highest BCUT2D eigenvalue weighted by Crippen LogP contribution is 2.25. The van der Waals surface area contributed by atoms with Gasteiger partial charge in [0.2, 0.25) is 5.95 Å². The van der Waals surface area contributed by atoms with Gasteiger partial charge in [0.25, 0.3) is 5.56 Å². The summed E-state index contributed by atoms with van der Waals surface area (Å²) >= 11 is 0. The van der Waals surface area contributed by atoms with Crippen molar-refractivity contribution in [2.45, 2.75) is 24.4 Å². The van der Waals surface area contributed by atoms with E-state index in [9.17, 15) is 20.1 Å². The molecule has 22 heavy (non-hydrogen) atoms. The highest BCUT2D eigenvalue weighted by atomic mass is 16.3. The average Bonchev–Trinajstić information content (AvgIpc) is 3.02. The standard InChI is InChI=1S/C12H18N6O4/c1-17(2)12-15-9-6(11(22)16-12)13-4-18(9)10-8(21)7(20)5(3-19)14-10/h4-5,7-8,10,14,19-21H,3H2,1-2H3,(H,15,16,22)/t5-,7-,8-,10+/m1/s1. The Hall–Kier alpha value is -2.01. The molecule has 0 unspecified atom stereocenters. The van der Waals surface area contributed by atoms with Gasteiger partial charge in [0.15, 0.2) is 11.2 Å². The molecular weight excluding hydrogens is 292 g/mol. The Kier molecular flexibility index (Phi) is 3.60. The predicted octanol–water partition coefficient (Wildman–Crippen LogP) is -2.63. The molecule has 10 nitrogen and oxygen atoms in total. The van der Waals surface area contributed by atoms with Crippen molar-refractivity contribution in [1.29, 1.82) is 0 Å². The van der Waals surface area contributed by atoms with Crippen LogP contribution >= 0.6 is 0 Å². The number of aliphatic hydroxyl groups excluding tert-OH is 3. The zero-order chi connectivity index (χ0) is 16.0. The summed E-state index contributed by atoms with van der Waals surface area (Å²) in [5.74, 6) is 0.353. The Morgan fingerprint density at radius 2 is 2.09 bits per heavy atom. The van der Waals surface area contributed by atoms with Crippen LogP contribution in [0.3, 0.4) is 0 Å². The zero-order valence-corrected chi connectivity index (χ0v) is 12.1. The fourth-order valence-electron chi connectivity index (χ4n) is 2.58. The fourth-order valence-corrected chi connectivity index (χ4v) is 2.58. The molecule has 2 aromatic rings. The van der Waals surface area contributed by atoms with E-state index in [0.29, 0.717) is 5.95 Å². The molecule has 1 aliphatic heterocycles. The normalized spacial score (nSPS) is 28.4. The van der Waals surface area contributed by atoms with Gasteiger partial charge in [-0.05, 0) is 0 Å². The SMILES string of the molecule is CN(C)c1nc2c(ncn2[C@@H]2N[C@H](CO)[C@@H](O)[C@H]2O)c(=O)[nH]1. The Bertz CT molecular complexity index is 741. The number of H-pyrrole nitrogens is 1. The van der Waals surface area contributed by atoms with Gasteiger partial charge in [-0.3, -0.25) is 19.7 Å². The minimum absolute atomic E-state index is 0.140. The third kappa shape index (κ3) is 2.16. The second-order valence-electron chi connectivity index (χ2n) is 5.49. The summed E-state index contributed by atoms with van der Waals surface area (Å²) in [4.78, 5) is 24.6. The van der Waals surface area contributed by atoms with Gasteiger partial charge < -0.3 is 20.2 Å². The van der Waals surface area contributed by atoms with Crippen molar-refractivity contribution < 1.29 is 15.3 Å². The summed E-state index contributed by atoms with van der Waals surface area (Å²) in [6.07, 6.45) is -1.64. The van der Waals surface area contributed by atoms with E-state index in [1.807, 2.05) is 0 Å². The van der Waals surface area contributed by atoms with Crippen LogP contribution in [0.1, 0.15) is 6.17 Å². The average molecular weight is 310 g/mol. The molecule has 5 N–H and O–H groups in total. The van der Waals surface area contributed by atoms with Crippen molar-refractivity contribution in [1.82, 2.24) is 24.8 Å². The van der Waals surface area contributed by atoms with Gasteiger partial charge in [-0.15, -0.1) is 0 Å². The van der Waals surface area contributed by atoms with Crippen LogP contribution in [0.15, 0.2) is 11.1 Å². The number of rotatable bonds is 3. The lowest BCUT2D eigenvalue weighted by atomic mass is 10.1. The number of anilines is 1. The van der Waals surface area contributed by atoms with E-state index >= 15 is 0 Å². The number of nitrogens with one attached hydrogen (secondary N) is 2. The van der Waals surface area contributed by atoms with Crippen molar-refractivity contribution in [3.8, 4) is 0 Å². The lowest BCUT2D eigenvalue weighted by Gasteiger charge is -2.18. The van der Waals surface area contributed by atoms with Gasteiger partial charge in [0.05, 0.1) is 19.0 Å². The summed E-state index contributed by atoms with van der Waals surface area (Å²) in [5.41, 5.74) is 0.0375. The van der Waals surface area contributed by atoms with Crippen molar-refractivity contribution in [2.75, 3.05) is 25.6 Å². The Morgan fingerprint density at radius 1 is 1.36 bits per heavy atom. The van der Waals surface area contributed by atoms with E-state index in [1.165, 1.54) is 10.9 Å². The molecule has 3 heterocycles. The van der Waals surface area contributed by atoms with Crippen LogP contribution in [-0.2, 0) is 0 Å². The molecule has 1 aliphatic rings.